The average Bonchev–Trinajstić information content (AvgIpc) is 2.22. The van der Waals surface area contributed by atoms with Gasteiger partial charge in [-0.2, -0.15) is 8.62 Å². The molecule has 0 heterocycles. The number of unbranched alkanes of at least 4 members (excludes halogenated alkanes) is 5. The summed E-state index contributed by atoms with van der Waals surface area (Å²) in [5, 5.41) is 0. The van der Waals surface area contributed by atoms with Crippen molar-refractivity contribution < 1.29 is 46.4 Å². The summed E-state index contributed by atoms with van der Waals surface area (Å²) >= 11 is 0. The number of rotatable bonds is 12. The third-order valence-electron chi connectivity index (χ3n) is 2.16. The molecule has 0 aromatic heterocycles. The van der Waals surface area contributed by atoms with E-state index in [0.717, 1.165) is 25.7 Å². The minimum atomic E-state index is -5.30. The zero-order valence-corrected chi connectivity index (χ0v) is 14.2. The smallest absolute Gasteiger partial charge is 0.302 e. The van der Waals surface area contributed by atoms with Gasteiger partial charge in [0.25, 0.3) is 0 Å². The lowest BCUT2D eigenvalue weighted by atomic mass is 10.1. The molecule has 13 heteroatoms. The van der Waals surface area contributed by atoms with E-state index in [-0.39, 0.29) is 6.61 Å². The molecule has 10 nitrogen and oxygen atoms in total. The molecule has 0 saturated carbocycles. The molecule has 0 bridgehead atoms. The number of hydrogen-bond acceptors (Lipinski definition) is 6. The minimum absolute atomic E-state index is 0.274. The Labute approximate surface area is 122 Å². The van der Waals surface area contributed by atoms with Gasteiger partial charge in [-0.05, 0) is 6.42 Å². The van der Waals surface area contributed by atoms with Crippen molar-refractivity contribution in [2.75, 3.05) is 6.61 Å². The second kappa shape index (κ2) is 9.53. The first-order chi connectivity index (χ1) is 9.47. The molecular formula is C8H21O10P3. The van der Waals surface area contributed by atoms with Crippen LogP contribution in [0.3, 0.4) is 0 Å². The summed E-state index contributed by atoms with van der Waals surface area (Å²) in [6, 6.07) is 0. The van der Waals surface area contributed by atoms with Crippen LogP contribution < -0.4 is 0 Å². The quantitative estimate of drug-likeness (QED) is 0.297. The van der Waals surface area contributed by atoms with Crippen LogP contribution in [0.2, 0.25) is 0 Å². The van der Waals surface area contributed by atoms with E-state index < -0.39 is 23.5 Å². The van der Waals surface area contributed by atoms with Crippen LogP contribution in [-0.2, 0) is 26.8 Å². The van der Waals surface area contributed by atoms with Crippen LogP contribution in [0, 0.1) is 0 Å². The highest BCUT2D eigenvalue weighted by Gasteiger charge is 2.41. The Morgan fingerprint density at radius 3 is 1.62 bits per heavy atom. The van der Waals surface area contributed by atoms with Crippen molar-refractivity contribution in [2.45, 2.75) is 45.4 Å². The van der Waals surface area contributed by atoms with E-state index in [0.29, 0.717) is 12.8 Å². The van der Waals surface area contributed by atoms with Crippen LogP contribution in [-0.4, -0.2) is 26.2 Å². The molecule has 0 fully saturated rings. The fourth-order valence-corrected chi connectivity index (χ4v) is 4.58. The van der Waals surface area contributed by atoms with Crippen molar-refractivity contribution in [1.29, 1.82) is 0 Å². The Morgan fingerprint density at radius 2 is 1.19 bits per heavy atom. The zero-order valence-electron chi connectivity index (χ0n) is 11.5. The molecule has 4 N–H and O–H groups in total. The second-order valence-electron chi connectivity index (χ2n) is 4.19. The Kier molecular flexibility index (Phi) is 9.71. The van der Waals surface area contributed by atoms with Gasteiger partial charge in [0, 0.05) is 0 Å². The van der Waals surface area contributed by atoms with Crippen molar-refractivity contribution in [1.82, 2.24) is 0 Å². The first-order valence-corrected chi connectivity index (χ1v) is 10.8. The molecule has 0 spiro atoms. The molecule has 0 radical (unpaired) electrons. The van der Waals surface area contributed by atoms with Crippen LogP contribution >= 0.6 is 23.5 Å². The van der Waals surface area contributed by atoms with Crippen LogP contribution in [0.25, 0.3) is 0 Å². The summed E-state index contributed by atoms with van der Waals surface area (Å²) in [5.74, 6) is 0. The third-order valence-corrected chi connectivity index (χ3v) is 5.96. The summed E-state index contributed by atoms with van der Waals surface area (Å²) < 4.78 is 45.0. The van der Waals surface area contributed by atoms with Crippen molar-refractivity contribution in [2.24, 2.45) is 0 Å². The predicted octanol–water partition coefficient (Wildman–Crippen LogP) is 2.69. The molecule has 0 atom stereocenters. The Balaban J connectivity index is 4.33. The van der Waals surface area contributed by atoms with Gasteiger partial charge in [-0.1, -0.05) is 39.0 Å². The van der Waals surface area contributed by atoms with Gasteiger partial charge in [0.1, 0.15) is 0 Å². The SMILES string of the molecule is CCCCCCCCOP(=O)(OP(=O)(O)O)OP(=O)(O)O. The molecule has 0 saturated heterocycles. The van der Waals surface area contributed by atoms with E-state index in [9.17, 15) is 13.7 Å². The molecular weight excluding hydrogens is 349 g/mol. The highest BCUT2D eigenvalue weighted by molar-refractivity contribution is 7.66. The predicted molar refractivity (Wildman–Crippen MR) is 73.2 cm³/mol. The zero-order chi connectivity index (χ0) is 16.6. The normalized spacial score (nSPS) is 13.6. The van der Waals surface area contributed by atoms with Gasteiger partial charge in [0.05, 0.1) is 6.61 Å². The van der Waals surface area contributed by atoms with Gasteiger partial charge < -0.3 is 19.6 Å². The lowest BCUT2D eigenvalue weighted by Crippen LogP contribution is -2.00. The van der Waals surface area contributed by atoms with Crippen molar-refractivity contribution in [3.8, 4) is 0 Å². The number of phosphoric acid groups is 3. The Morgan fingerprint density at radius 1 is 0.762 bits per heavy atom. The lowest BCUT2D eigenvalue weighted by molar-refractivity contribution is 0.164. The van der Waals surface area contributed by atoms with Crippen molar-refractivity contribution >= 4 is 23.5 Å². The van der Waals surface area contributed by atoms with Gasteiger partial charge >= 0.3 is 23.5 Å². The fourth-order valence-electron chi connectivity index (χ4n) is 1.38. The summed E-state index contributed by atoms with van der Waals surface area (Å²) in [4.78, 5) is 34.2. The van der Waals surface area contributed by atoms with Crippen LogP contribution in [0.4, 0.5) is 0 Å². The van der Waals surface area contributed by atoms with Crippen LogP contribution in [0.15, 0.2) is 0 Å². The van der Waals surface area contributed by atoms with E-state index in [4.69, 9.17) is 19.6 Å². The molecule has 0 aromatic rings. The van der Waals surface area contributed by atoms with Crippen LogP contribution in [0.1, 0.15) is 45.4 Å². The first-order valence-electron chi connectivity index (χ1n) is 6.26. The molecule has 0 aliphatic heterocycles. The largest absolute Gasteiger partial charge is 0.492 e. The first kappa shape index (κ1) is 21.4. The van der Waals surface area contributed by atoms with Gasteiger partial charge in [-0.3, -0.25) is 4.52 Å². The lowest BCUT2D eigenvalue weighted by Gasteiger charge is -2.18. The summed E-state index contributed by atoms with van der Waals surface area (Å²) in [5.41, 5.74) is 0. The minimum Gasteiger partial charge on any atom is -0.302 e. The fraction of sp³-hybridized carbons (Fsp3) is 1.00. The molecule has 0 unspecified atom stereocenters. The van der Waals surface area contributed by atoms with E-state index in [1.165, 1.54) is 0 Å². The summed E-state index contributed by atoms with van der Waals surface area (Å²) in [6.45, 7) is 1.78. The highest BCUT2D eigenvalue weighted by atomic mass is 31.3. The van der Waals surface area contributed by atoms with E-state index >= 15 is 0 Å². The van der Waals surface area contributed by atoms with Crippen LogP contribution in [0.5, 0.6) is 0 Å². The van der Waals surface area contributed by atoms with Gasteiger partial charge in [-0.15, -0.1) is 0 Å². The molecule has 0 aliphatic carbocycles. The maximum absolute atomic E-state index is 11.7. The maximum atomic E-state index is 11.7. The van der Waals surface area contributed by atoms with Crippen molar-refractivity contribution in [3.63, 3.8) is 0 Å². The van der Waals surface area contributed by atoms with E-state index in [1.807, 2.05) is 0 Å². The third kappa shape index (κ3) is 13.8. The van der Waals surface area contributed by atoms with Gasteiger partial charge in [-0.25, -0.2) is 13.7 Å². The van der Waals surface area contributed by atoms with Crippen molar-refractivity contribution in [3.05, 3.63) is 0 Å². The Bertz CT molecular complexity index is 398. The average molecular weight is 370 g/mol. The van der Waals surface area contributed by atoms with Gasteiger partial charge in [0.15, 0.2) is 0 Å². The molecule has 128 valence electrons. The second-order valence-corrected chi connectivity index (χ2v) is 8.61. The maximum Gasteiger partial charge on any atom is 0.492 e. The Hall–Kier alpha value is 0.410. The standard InChI is InChI=1S/C8H21O10P3/c1-2-3-4-5-6-7-8-16-21(15,17-19(9,10)11)18-20(12,13)14/h2-8H2,1H3,(H2,9,10,11)(H2,12,13,14). The summed E-state index contributed by atoms with van der Waals surface area (Å²) in [6.07, 6.45) is 5.11. The monoisotopic (exact) mass is 370 g/mol. The molecule has 0 amide bonds. The molecule has 0 rings (SSSR count). The van der Waals surface area contributed by atoms with Gasteiger partial charge in [0.2, 0.25) is 0 Å². The summed E-state index contributed by atoms with van der Waals surface area (Å²) in [7, 11) is -15.7. The molecule has 0 aromatic carbocycles. The molecule has 0 aliphatic rings. The highest BCUT2D eigenvalue weighted by Crippen LogP contribution is 2.67. The molecule has 21 heavy (non-hydrogen) atoms. The van der Waals surface area contributed by atoms with E-state index in [1.54, 1.807) is 0 Å². The van der Waals surface area contributed by atoms with E-state index in [2.05, 4.69) is 20.1 Å². The topological polar surface area (TPSA) is 160 Å². The number of hydrogen-bond donors (Lipinski definition) is 4.